The Labute approximate surface area is 67.5 Å². The van der Waals surface area contributed by atoms with Crippen molar-refractivity contribution in [3.8, 4) is 0 Å². The second kappa shape index (κ2) is 3.83. The van der Waals surface area contributed by atoms with Gasteiger partial charge < -0.3 is 10.6 Å². The molecule has 1 rings (SSSR count). The number of Topliss-reactive ketones (excluding diaryl/α,β-unsaturated/α-hetero) is 1. The van der Waals surface area contributed by atoms with Crippen molar-refractivity contribution in [3.63, 3.8) is 0 Å². The summed E-state index contributed by atoms with van der Waals surface area (Å²) < 4.78 is 0. The molecule has 1 saturated heterocycles. The van der Waals surface area contributed by atoms with E-state index in [0.717, 1.165) is 26.1 Å². The number of carbonyl (C=O) groups excluding carboxylic acids is 1. The fourth-order valence-corrected chi connectivity index (χ4v) is 1.55. The molecule has 0 aromatic heterocycles. The molecule has 0 aliphatic carbocycles. The average Bonchev–Trinajstić information content (AvgIpc) is 2.37. The predicted octanol–water partition coefficient (Wildman–Crippen LogP) is -0.144. The standard InChI is InChI=1S/C8H16N2O/c1-7(11)8-2-4-10(6-8)5-3-9/h8H,2-6,9H2,1H3. The monoisotopic (exact) mass is 156 g/mol. The van der Waals surface area contributed by atoms with Crippen LogP contribution in [0.3, 0.4) is 0 Å². The maximum Gasteiger partial charge on any atom is 0.134 e. The molecule has 1 unspecified atom stereocenters. The third-order valence-corrected chi connectivity index (χ3v) is 2.29. The number of carbonyl (C=O) groups is 1. The van der Waals surface area contributed by atoms with E-state index in [1.165, 1.54) is 0 Å². The zero-order valence-electron chi connectivity index (χ0n) is 7.05. The summed E-state index contributed by atoms with van der Waals surface area (Å²) in [4.78, 5) is 13.2. The van der Waals surface area contributed by atoms with E-state index in [4.69, 9.17) is 5.73 Å². The number of ketones is 1. The summed E-state index contributed by atoms with van der Waals surface area (Å²) in [5.41, 5.74) is 5.40. The summed E-state index contributed by atoms with van der Waals surface area (Å²) in [6, 6.07) is 0. The molecule has 1 heterocycles. The molecule has 1 atom stereocenters. The van der Waals surface area contributed by atoms with Gasteiger partial charge >= 0.3 is 0 Å². The number of nitrogens with zero attached hydrogens (tertiary/aromatic N) is 1. The minimum absolute atomic E-state index is 0.279. The molecule has 64 valence electrons. The second-order valence-corrected chi connectivity index (χ2v) is 3.19. The van der Waals surface area contributed by atoms with E-state index >= 15 is 0 Å². The van der Waals surface area contributed by atoms with Crippen LogP contribution in [0.5, 0.6) is 0 Å². The van der Waals surface area contributed by atoms with Gasteiger partial charge in [0.05, 0.1) is 0 Å². The Morgan fingerprint density at radius 1 is 1.73 bits per heavy atom. The summed E-state index contributed by atoms with van der Waals surface area (Å²) >= 11 is 0. The number of rotatable bonds is 3. The van der Waals surface area contributed by atoms with Crippen LogP contribution in [0.2, 0.25) is 0 Å². The van der Waals surface area contributed by atoms with Gasteiger partial charge in [-0.15, -0.1) is 0 Å². The fourth-order valence-electron chi connectivity index (χ4n) is 1.55. The molecule has 0 amide bonds. The normalized spacial score (nSPS) is 25.8. The third kappa shape index (κ3) is 2.27. The Hall–Kier alpha value is -0.410. The summed E-state index contributed by atoms with van der Waals surface area (Å²) in [6.45, 7) is 5.28. The molecule has 3 nitrogen and oxygen atoms in total. The van der Waals surface area contributed by atoms with Crippen LogP contribution < -0.4 is 5.73 Å². The summed E-state index contributed by atoms with van der Waals surface area (Å²) in [5.74, 6) is 0.603. The van der Waals surface area contributed by atoms with Crippen LogP contribution in [0.15, 0.2) is 0 Å². The molecule has 0 aromatic carbocycles. The van der Waals surface area contributed by atoms with Crippen LogP contribution in [0.4, 0.5) is 0 Å². The highest BCUT2D eigenvalue weighted by atomic mass is 16.1. The summed E-state index contributed by atoms with van der Waals surface area (Å²) in [5, 5.41) is 0. The second-order valence-electron chi connectivity index (χ2n) is 3.19. The van der Waals surface area contributed by atoms with Crippen molar-refractivity contribution in [1.29, 1.82) is 0 Å². The molecule has 11 heavy (non-hydrogen) atoms. The number of nitrogens with two attached hydrogens (primary N) is 1. The molecule has 1 fully saturated rings. The first kappa shape index (κ1) is 8.68. The Morgan fingerprint density at radius 3 is 2.91 bits per heavy atom. The predicted molar refractivity (Wildman–Crippen MR) is 44.3 cm³/mol. The highest BCUT2D eigenvalue weighted by molar-refractivity contribution is 5.78. The van der Waals surface area contributed by atoms with Crippen LogP contribution in [0, 0.1) is 5.92 Å². The van der Waals surface area contributed by atoms with Crippen LogP contribution in [0.25, 0.3) is 0 Å². The van der Waals surface area contributed by atoms with Gasteiger partial charge in [-0.25, -0.2) is 0 Å². The lowest BCUT2D eigenvalue weighted by atomic mass is 10.1. The van der Waals surface area contributed by atoms with E-state index < -0.39 is 0 Å². The molecular weight excluding hydrogens is 140 g/mol. The first-order valence-electron chi connectivity index (χ1n) is 4.17. The Kier molecular flexibility index (Phi) is 3.02. The smallest absolute Gasteiger partial charge is 0.134 e. The molecule has 0 saturated carbocycles. The maximum atomic E-state index is 10.9. The Morgan fingerprint density at radius 2 is 2.45 bits per heavy atom. The van der Waals surface area contributed by atoms with E-state index in [0.29, 0.717) is 12.3 Å². The third-order valence-electron chi connectivity index (χ3n) is 2.29. The Balaban J connectivity index is 2.29. The molecule has 0 spiro atoms. The molecule has 1 aliphatic rings. The van der Waals surface area contributed by atoms with E-state index in [-0.39, 0.29) is 5.92 Å². The van der Waals surface area contributed by atoms with E-state index in [9.17, 15) is 4.79 Å². The lowest BCUT2D eigenvalue weighted by Crippen LogP contribution is -2.28. The van der Waals surface area contributed by atoms with Crippen LogP contribution in [0.1, 0.15) is 13.3 Å². The van der Waals surface area contributed by atoms with Gasteiger partial charge in [0.1, 0.15) is 5.78 Å². The van der Waals surface area contributed by atoms with E-state index in [1.807, 2.05) is 0 Å². The van der Waals surface area contributed by atoms with Gasteiger partial charge in [0, 0.05) is 25.6 Å². The fraction of sp³-hybridized carbons (Fsp3) is 0.875. The van der Waals surface area contributed by atoms with Crippen LogP contribution in [-0.2, 0) is 4.79 Å². The number of hydrogen-bond donors (Lipinski definition) is 1. The largest absolute Gasteiger partial charge is 0.329 e. The average molecular weight is 156 g/mol. The number of likely N-dealkylation sites (tertiary alicyclic amines) is 1. The van der Waals surface area contributed by atoms with Crippen molar-refractivity contribution in [2.75, 3.05) is 26.2 Å². The molecule has 0 radical (unpaired) electrons. The van der Waals surface area contributed by atoms with Gasteiger partial charge in [-0.2, -0.15) is 0 Å². The minimum atomic E-state index is 0.279. The van der Waals surface area contributed by atoms with Crippen molar-refractivity contribution >= 4 is 5.78 Å². The quantitative estimate of drug-likeness (QED) is 0.618. The summed E-state index contributed by atoms with van der Waals surface area (Å²) in [7, 11) is 0. The van der Waals surface area contributed by atoms with E-state index in [2.05, 4.69) is 4.90 Å². The topological polar surface area (TPSA) is 46.3 Å². The SMILES string of the molecule is CC(=O)C1CCN(CCN)C1. The van der Waals surface area contributed by atoms with E-state index in [1.54, 1.807) is 6.92 Å². The summed E-state index contributed by atoms with van der Waals surface area (Å²) in [6.07, 6.45) is 1.02. The van der Waals surface area contributed by atoms with Crippen molar-refractivity contribution < 1.29 is 4.79 Å². The zero-order chi connectivity index (χ0) is 8.27. The minimum Gasteiger partial charge on any atom is -0.329 e. The zero-order valence-corrected chi connectivity index (χ0v) is 7.05. The first-order valence-corrected chi connectivity index (χ1v) is 4.17. The highest BCUT2D eigenvalue weighted by Crippen LogP contribution is 2.15. The van der Waals surface area contributed by atoms with Gasteiger partial charge in [0.15, 0.2) is 0 Å². The van der Waals surface area contributed by atoms with Gasteiger partial charge in [-0.3, -0.25) is 4.79 Å². The molecule has 1 aliphatic heterocycles. The Bertz CT molecular complexity index is 147. The van der Waals surface area contributed by atoms with Gasteiger partial charge in [-0.05, 0) is 19.9 Å². The van der Waals surface area contributed by atoms with Crippen molar-refractivity contribution in [1.82, 2.24) is 4.90 Å². The van der Waals surface area contributed by atoms with Gasteiger partial charge in [-0.1, -0.05) is 0 Å². The number of hydrogen-bond acceptors (Lipinski definition) is 3. The first-order chi connectivity index (χ1) is 5.24. The molecule has 2 N–H and O–H groups in total. The van der Waals surface area contributed by atoms with Crippen molar-refractivity contribution in [2.24, 2.45) is 11.7 Å². The molecule has 0 aromatic rings. The van der Waals surface area contributed by atoms with Crippen LogP contribution in [-0.4, -0.2) is 36.9 Å². The van der Waals surface area contributed by atoms with Gasteiger partial charge in [0.2, 0.25) is 0 Å². The molecular formula is C8H16N2O. The van der Waals surface area contributed by atoms with Crippen molar-refractivity contribution in [3.05, 3.63) is 0 Å². The van der Waals surface area contributed by atoms with Crippen molar-refractivity contribution in [2.45, 2.75) is 13.3 Å². The van der Waals surface area contributed by atoms with Gasteiger partial charge in [0.25, 0.3) is 0 Å². The van der Waals surface area contributed by atoms with Crippen LogP contribution >= 0.6 is 0 Å². The lowest BCUT2D eigenvalue weighted by molar-refractivity contribution is -0.120. The highest BCUT2D eigenvalue weighted by Gasteiger charge is 2.24. The lowest BCUT2D eigenvalue weighted by Gasteiger charge is -2.12. The maximum absolute atomic E-state index is 10.9. The molecule has 0 bridgehead atoms. The molecule has 3 heteroatoms.